The molecule has 11 heteroatoms. The third-order valence-electron chi connectivity index (χ3n) is 16.4. The van der Waals surface area contributed by atoms with Crippen LogP contribution in [0.4, 0.5) is 0 Å². The van der Waals surface area contributed by atoms with Gasteiger partial charge < -0.3 is 45.1 Å². The first-order valence-electron chi connectivity index (χ1n) is 34.1. The average Bonchev–Trinajstić information content (AvgIpc) is 3.45. The SMILES string of the molecule is CCCCCCCC/C=C/CCCCCCCCC(O)C(=O)NC(COC1OC(CO)C(O)C(O)C1OC(=O)CCCCCCCCCCCCCCCCCCCCCCCCC)C(O)/C=C/CCCCCCCCCCC. The van der Waals surface area contributed by atoms with Crippen molar-refractivity contribution < 1.29 is 49.3 Å². The van der Waals surface area contributed by atoms with Crippen LogP contribution in [0.1, 0.15) is 335 Å². The van der Waals surface area contributed by atoms with Gasteiger partial charge in [0, 0.05) is 6.42 Å². The normalized spacial score (nSPS) is 18.9. The maximum atomic E-state index is 13.4. The van der Waals surface area contributed by atoms with Crippen molar-refractivity contribution in [2.45, 2.75) is 384 Å². The zero-order chi connectivity index (χ0) is 57.5. The molecule has 1 amide bonds. The molecule has 1 fully saturated rings. The van der Waals surface area contributed by atoms with Gasteiger partial charge in [-0.25, -0.2) is 0 Å². The first kappa shape index (κ1) is 75.2. The maximum absolute atomic E-state index is 13.4. The Bertz CT molecular complexity index is 1380. The number of nitrogens with one attached hydrogen (secondary N) is 1. The summed E-state index contributed by atoms with van der Waals surface area (Å²) in [6, 6.07) is -1.02. The fourth-order valence-electron chi connectivity index (χ4n) is 10.9. The zero-order valence-electron chi connectivity index (χ0n) is 51.8. The second kappa shape index (κ2) is 56.6. The highest BCUT2D eigenvalue weighted by Crippen LogP contribution is 2.26. The van der Waals surface area contributed by atoms with Gasteiger partial charge in [0.1, 0.15) is 24.4 Å². The lowest BCUT2D eigenvalue weighted by Crippen LogP contribution is -2.61. The van der Waals surface area contributed by atoms with Gasteiger partial charge in [-0.3, -0.25) is 9.59 Å². The van der Waals surface area contributed by atoms with Crippen LogP contribution in [-0.4, -0.2) is 99.6 Å². The molecule has 0 spiro atoms. The number of allylic oxidation sites excluding steroid dienone is 3. The van der Waals surface area contributed by atoms with Crippen molar-refractivity contribution in [1.29, 1.82) is 0 Å². The molecule has 1 saturated heterocycles. The van der Waals surface area contributed by atoms with Gasteiger partial charge in [-0.1, -0.05) is 302 Å². The van der Waals surface area contributed by atoms with Crippen LogP contribution in [-0.2, 0) is 23.8 Å². The van der Waals surface area contributed by atoms with Crippen LogP contribution in [0.5, 0.6) is 0 Å². The molecule has 6 N–H and O–H groups in total. The van der Waals surface area contributed by atoms with Gasteiger partial charge in [-0.2, -0.15) is 0 Å². The molecule has 1 rings (SSSR count). The van der Waals surface area contributed by atoms with Crippen LogP contribution in [0.3, 0.4) is 0 Å². The Labute approximate surface area is 486 Å². The molecule has 79 heavy (non-hydrogen) atoms. The zero-order valence-corrected chi connectivity index (χ0v) is 51.8. The van der Waals surface area contributed by atoms with Gasteiger partial charge in [-0.05, 0) is 51.4 Å². The maximum Gasteiger partial charge on any atom is 0.306 e. The summed E-state index contributed by atoms with van der Waals surface area (Å²) in [7, 11) is 0. The standard InChI is InChI=1S/C68H129NO10/c1-4-7-10-13-16-19-22-24-26-28-29-30-31-32-33-34-36-38-41-44-47-50-53-56-63(73)79-66-65(75)64(74)62(57-70)78-68(66)77-58-59(60(71)54-51-48-45-42-39-21-18-15-12-9-6-3)69-67(76)61(72)55-52-49-46-43-40-37-35-27-25-23-20-17-14-11-8-5-2/h25,27,51,54,59-62,64-66,68,70-72,74-75H,4-24,26,28-50,52-53,55-58H2,1-3H3,(H,69,76)/b27-25+,54-51+. The summed E-state index contributed by atoms with van der Waals surface area (Å²) in [6.45, 7) is 5.82. The minimum absolute atomic E-state index is 0.130. The van der Waals surface area contributed by atoms with Crippen LogP contribution in [0.15, 0.2) is 24.3 Å². The highest BCUT2D eigenvalue weighted by molar-refractivity contribution is 5.80. The van der Waals surface area contributed by atoms with E-state index in [-0.39, 0.29) is 19.4 Å². The third-order valence-corrected chi connectivity index (χ3v) is 16.4. The molecule has 1 aliphatic heterocycles. The third kappa shape index (κ3) is 44.4. The Kier molecular flexibility index (Phi) is 53.9. The first-order valence-corrected chi connectivity index (χ1v) is 34.1. The molecule has 8 unspecified atom stereocenters. The highest BCUT2D eigenvalue weighted by Gasteiger charge is 2.47. The Morgan fingerprint density at radius 1 is 0.481 bits per heavy atom. The summed E-state index contributed by atoms with van der Waals surface area (Å²) >= 11 is 0. The number of carbonyl (C=O) groups is 2. The number of unbranched alkanes of at least 4 members (excludes halogenated alkanes) is 43. The van der Waals surface area contributed by atoms with Gasteiger partial charge in [-0.15, -0.1) is 0 Å². The summed E-state index contributed by atoms with van der Waals surface area (Å²) in [4.78, 5) is 26.6. The van der Waals surface area contributed by atoms with Crippen LogP contribution in [0, 0.1) is 0 Å². The summed E-state index contributed by atoms with van der Waals surface area (Å²) in [6.07, 6.45) is 56.5. The summed E-state index contributed by atoms with van der Waals surface area (Å²) in [5, 5.41) is 57.1. The Morgan fingerprint density at radius 3 is 1.23 bits per heavy atom. The Balaban J connectivity index is 2.57. The summed E-state index contributed by atoms with van der Waals surface area (Å²) < 4.78 is 17.7. The monoisotopic (exact) mass is 1120 g/mol. The topological polar surface area (TPSA) is 175 Å². The van der Waals surface area contributed by atoms with E-state index in [2.05, 4.69) is 38.2 Å². The largest absolute Gasteiger partial charge is 0.454 e. The number of ether oxygens (including phenoxy) is 3. The predicted molar refractivity (Wildman–Crippen MR) is 329 cm³/mol. The summed E-state index contributed by atoms with van der Waals surface area (Å²) in [5.41, 5.74) is 0. The molecule has 1 heterocycles. The van der Waals surface area contributed by atoms with E-state index < -0.39 is 67.4 Å². The molecule has 0 aromatic rings. The molecule has 466 valence electrons. The van der Waals surface area contributed by atoms with Crippen LogP contribution >= 0.6 is 0 Å². The molecule has 0 bridgehead atoms. The Morgan fingerprint density at radius 2 is 0.835 bits per heavy atom. The second-order valence-electron chi connectivity index (χ2n) is 23.9. The lowest BCUT2D eigenvalue weighted by molar-refractivity contribution is -0.305. The number of amides is 1. The minimum Gasteiger partial charge on any atom is -0.454 e. The van der Waals surface area contributed by atoms with E-state index in [1.807, 2.05) is 6.08 Å². The van der Waals surface area contributed by atoms with E-state index >= 15 is 0 Å². The van der Waals surface area contributed by atoms with Crippen molar-refractivity contribution in [3.8, 4) is 0 Å². The number of hydrogen-bond donors (Lipinski definition) is 6. The van der Waals surface area contributed by atoms with Gasteiger partial charge in [0.15, 0.2) is 12.4 Å². The van der Waals surface area contributed by atoms with E-state index in [0.717, 1.165) is 70.6 Å². The van der Waals surface area contributed by atoms with E-state index in [1.54, 1.807) is 6.08 Å². The number of carbonyl (C=O) groups excluding carboxylic acids is 2. The van der Waals surface area contributed by atoms with Crippen molar-refractivity contribution in [3.63, 3.8) is 0 Å². The molecule has 0 aliphatic carbocycles. The highest BCUT2D eigenvalue weighted by atomic mass is 16.7. The molecule has 0 saturated carbocycles. The number of esters is 1. The fourth-order valence-corrected chi connectivity index (χ4v) is 10.9. The van der Waals surface area contributed by atoms with E-state index in [4.69, 9.17) is 14.2 Å². The average molecular weight is 1120 g/mol. The lowest BCUT2D eigenvalue weighted by atomic mass is 9.99. The van der Waals surface area contributed by atoms with Gasteiger partial charge >= 0.3 is 5.97 Å². The Hall–Kier alpha value is -1.86. The molecule has 11 nitrogen and oxygen atoms in total. The number of aliphatic hydroxyl groups is 5. The first-order chi connectivity index (χ1) is 38.7. The smallest absolute Gasteiger partial charge is 0.306 e. The predicted octanol–water partition coefficient (Wildman–Crippen LogP) is 16.8. The minimum atomic E-state index is -1.61. The summed E-state index contributed by atoms with van der Waals surface area (Å²) in [5.74, 6) is -1.18. The number of aliphatic hydroxyl groups excluding tert-OH is 5. The number of hydrogen-bond acceptors (Lipinski definition) is 10. The molecule has 1 aliphatic rings. The van der Waals surface area contributed by atoms with E-state index in [9.17, 15) is 35.1 Å². The van der Waals surface area contributed by atoms with Crippen LogP contribution < -0.4 is 5.32 Å². The molecular weight excluding hydrogens is 991 g/mol. The van der Waals surface area contributed by atoms with Crippen molar-refractivity contribution in [2.75, 3.05) is 13.2 Å². The molecule has 0 aromatic carbocycles. The van der Waals surface area contributed by atoms with Crippen LogP contribution in [0.2, 0.25) is 0 Å². The molecule has 8 atom stereocenters. The lowest BCUT2D eigenvalue weighted by Gasteiger charge is -2.41. The van der Waals surface area contributed by atoms with Crippen molar-refractivity contribution in [1.82, 2.24) is 5.32 Å². The van der Waals surface area contributed by atoms with Crippen molar-refractivity contribution in [2.24, 2.45) is 0 Å². The second-order valence-corrected chi connectivity index (χ2v) is 23.9. The van der Waals surface area contributed by atoms with Gasteiger partial charge in [0.2, 0.25) is 5.91 Å². The molecule has 0 radical (unpaired) electrons. The molecular formula is C68H129NO10. The van der Waals surface area contributed by atoms with Crippen molar-refractivity contribution in [3.05, 3.63) is 24.3 Å². The van der Waals surface area contributed by atoms with E-state index in [0.29, 0.717) is 12.8 Å². The van der Waals surface area contributed by atoms with Gasteiger partial charge in [0.25, 0.3) is 0 Å². The van der Waals surface area contributed by atoms with Gasteiger partial charge in [0.05, 0.1) is 25.4 Å². The van der Waals surface area contributed by atoms with Crippen molar-refractivity contribution >= 4 is 11.9 Å². The number of rotatable bonds is 59. The quantitative estimate of drug-likeness (QED) is 0.0195. The fraction of sp³-hybridized carbons (Fsp3) is 0.912. The van der Waals surface area contributed by atoms with E-state index in [1.165, 1.54) is 218 Å². The van der Waals surface area contributed by atoms with Crippen LogP contribution in [0.25, 0.3) is 0 Å². The molecule has 0 aromatic heterocycles.